The largest absolute Gasteiger partial charge is 0.357 e. The molecule has 2 rings (SSSR count). The molecular formula is C12H23N2O2. The standard InChI is InChI=1S/C12H23N2O2/c1-9(2)14-8-5-11(15)12(14)16-10-3-6-13-7-4-10/h9-13H,3-8H2,1-2H3. The summed E-state index contributed by atoms with van der Waals surface area (Å²) in [5.74, 6) is 0. The van der Waals surface area contributed by atoms with Crippen LogP contribution in [0.1, 0.15) is 33.1 Å². The first-order valence-electron chi connectivity index (χ1n) is 6.46. The van der Waals surface area contributed by atoms with Gasteiger partial charge in [0.15, 0.2) is 0 Å². The van der Waals surface area contributed by atoms with Gasteiger partial charge in [-0.25, -0.2) is 5.11 Å². The van der Waals surface area contributed by atoms with Gasteiger partial charge in [0, 0.05) is 12.6 Å². The predicted octanol–water partition coefficient (Wildman–Crippen LogP) is 0.994. The van der Waals surface area contributed by atoms with Crippen LogP contribution in [0.5, 0.6) is 0 Å². The molecule has 1 radical (unpaired) electrons. The van der Waals surface area contributed by atoms with Crippen LogP contribution in [0.2, 0.25) is 0 Å². The molecule has 2 unspecified atom stereocenters. The maximum Gasteiger partial charge on any atom is 0.140 e. The number of nitrogens with zero attached hydrogens (tertiary/aromatic N) is 1. The second-order valence-electron chi connectivity index (χ2n) is 5.13. The number of nitrogens with one attached hydrogen (secondary N) is 1. The molecule has 4 heteroatoms. The number of hydrogen-bond acceptors (Lipinski definition) is 3. The Kier molecular flexibility index (Phi) is 4.19. The summed E-state index contributed by atoms with van der Waals surface area (Å²) in [5, 5.41) is 15.2. The Hall–Kier alpha value is -0.160. The van der Waals surface area contributed by atoms with Crippen molar-refractivity contribution in [2.75, 3.05) is 19.6 Å². The van der Waals surface area contributed by atoms with E-state index in [0.29, 0.717) is 6.04 Å². The molecular weight excluding hydrogens is 204 g/mol. The van der Waals surface area contributed by atoms with Gasteiger partial charge in [-0.1, -0.05) is 0 Å². The Bertz CT molecular complexity index is 217. The fraction of sp³-hybridized carbons (Fsp3) is 1.00. The van der Waals surface area contributed by atoms with Gasteiger partial charge < -0.3 is 10.1 Å². The maximum absolute atomic E-state index is 11.9. The average Bonchev–Trinajstić information content (AvgIpc) is 2.62. The van der Waals surface area contributed by atoms with E-state index in [1.807, 2.05) is 0 Å². The summed E-state index contributed by atoms with van der Waals surface area (Å²) in [4.78, 5) is 2.21. The molecule has 2 heterocycles. The van der Waals surface area contributed by atoms with E-state index in [0.717, 1.165) is 38.9 Å². The molecule has 2 aliphatic rings. The first-order chi connectivity index (χ1) is 7.68. The molecule has 0 aromatic heterocycles. The van der Waals surface area contributed by atoms with Crippen molar-refractivity contribution in [3.63, 3.8) is 0 Å². The number of ether oxygens (including phenoxy) is 1. The second-order valence-corrected chi connectivity index (χ2v) is 5.13. The lowest BCUT2D eigenvalue weighted by Gasteiger charge is -2.33. The summed E-state index contributed by atoms with van der Waals surface area (Å²) >= 11 is 0. The zero-order valence-electron chi connectivity index (χ0n) is 10.3. The summed E-state index contributed by atoms with van der Waals surface area (Å²) in [6.45, 7) is 7.19. The first kappa shape index (κ1) is 12.3. The lowest BCUT2D eigenvalue weighted by molar-refractivity contribution is -0.149. The van der Waals surface area contributed by atoms with E-state index in [1.54, 1.807) is 0 Å². The molecule has 0 aromatic rings. The Morgan fingerprint density at radius 1 is 1.25 bits per heavy atom. The molecule has 16 heavy (non-hydrogen) atoms. The second kappa shape index (κ2) is 5.45. The highest BCUT2D eigenvalue weighted by Gasteiger charge is 2.37. The van der Waals surface area contributed by atoms with E-state index in [1.165, 1.54) is 0 Å². The molecule has 0 spiro atoms. The Labute approximate surface area is 98.0 Å². The van der Waals surface area contributed by atoms with E-state index in [4.69, 9.17) is 4.74 Å². The number of likely N-dealkylation sites (tertiary alicyclic amines) is 1. The van der Waals surface area contributed by atoms with Gasteiger partial charge in [-0.2, -0.15) is 0 Å². The fourth-order valence-corrected chi connectivity index (χ4v) is 2.61. The average molecular weight is 227 g/mol. The summed E-state index contributed by atoms with van der Waals surface area (Å²) in [5.41, 5.74) is 0. The minimum Gasteiger partial charge on any atom is -0.357 e. The molecule has 4 nitrogen and oxygen atoms in total. The van der Waals surface area contributed by atoms with Crippen LogP contribution in [0.15, 0.2) is 0 Å². The quantitative estimate of drug-likeness (QED) is 0.782. The highest BCUT2D eigenvalue weighted by Crippen LogP contribution is 2.25. The van der Waals surface area contributed by atoms with Crippen LogP contribution >= 0.6 is 0 Å². The van der Waals surface area contributed by atoms with E-state index in [-0.39, 0.29) is 12.3 Å². The molecule has 0 aromatic carbocycles. The van der Waals surface area contributed by atoms with Crippen molar-refractivity contribution >= 4 is 0 Å². The summed E-state index contributed by atoms with van der Waals surface area (Å²) in [7, 11) is 0. The van der Waals surface area contributed by atoms with Crippen LogP contribution in [0.3, 0.4) is 0 Å². The zero-order chi connectivity index (χ0) is 11.5. The van der Waals surface area contributed by atoms with Crippen LogP contribution in [-0.2, 0) is 9.84 Å². The van der Waals surface area contributed by atoms with Crippen molar-refractivity contribution in [3.05, 3.63) is 0 Å². The molecule has 2 saturated heterocycles. The number of hydrogen-bond donors (Lipinski definition) is 1. The van der Waals surface area contributed by atoms with Gasteiger partial charge in [0.05, 0.1) is 6.10 Å². The van der Waals surface area contributed by atoms with Gasteiger partial charge in [-0.3, -0.25) is 4.90 Å². The molecule has 1 N–H and O–H groups in total. The normalized spacial score (nSPS) is 33.8. The topological polar surface area (TPSA) is 44.4 Å². The molecule has 93 valence electrons. The van der Waals surface area contributed by atoms with Crippen LogP contribution in [0.4, 0.5) is 0 Å². The van der Waals surface area contributed by atoms with E-state index >= 15 is 0 Å². The van der Waals surface area contributed by atoms with Gasteiger partial charge >= 0.3 is 0 Å². The van der Waals surface area contributed by atoms with E-state index < -0.39 is 6.10 Å². The highest BCUT2D eigenvalue weighted by atomic mass is 16.5. The summed E-state index contributed by atoms with van der Waals surface area (Å²) in [6.07, 6.45) is 2.33. The van der Waals surface area contributed by atoms with Crippen molar-refractivity contribution in [1.29, 1.82) is 0 Å². The zero-order valence-corrected chi connectivity index (χ0v) is 10.3. The highest BCUT2D eigenvalue weighted by molar-refractivity contribution is 4.84. The monoisotopic (exact) mass is 227 g/mol. The predicted molar refractivity (Wildman–Crippen MR) is 61.7 cm³/mol. The van der Waals surface area contributed by atoms with E-state index in [9.17, 15) is 5.11 Å². The SMILES string of the molecule is CC(C)N1CCC([O])C1OC1CCNCC1. The third kappa shape index (κ3) is 2.74. The molecule has 0 saturated carbocycles. The Morgan fingerprint density at radius 3 is 2.56 bits per heavy atom. The molecule has 2 aliphatic heterocycles. The lowest BCUT2D eigenvalue weighted by Crippen LogP contribution is -2.45. The van der Waals surface area contributed by atoms with Crippen LogP contribution in [-0.4, -0.2) is 49.0 Å². The lowest BCUT2D eigenvalue weighted by atomic mass is 10.1. The molecule has 0 amide bonds. The van der Waals surface area contributed by atoms with E-state index in [2.05, 4.69) is 24.1 Å². The van der Waals surface area contributed by atoms with Gasteiger partial charge in [0.2, 0.25) is 0 Å². The van der Waals surface area contributed by atoms with Crippen molar-refractivity contribution in [3.8, 4) is 0 Å². The van der Waals surface area contributed by atoms with Crippen LogP contribution < -0.4 is 5.32 Å². The first-order valence-corrected chi connectivity index (χ1v) is 6.46. The minimum atomic E-state index is -0.558. The summed E-state index contributed by atoms with van der Waals surface area (Å²) in [6, 6.07) is 0.408. The van der Waals surface area contributed by atoms with Gasteiger partial charge in [0.1, 0.15) is 12.3 Å². The van der Waals surface area contributed by atoms with Crippen molar-refractivity contribution < 1.29 is 9.84 Å². The van der Waals surface area contributed by atoms with Crippen molar-refractivity contribution in [2.24, 2.45) is 0 Å². The van der Waals surface area contributed by atoms with Gasteiger partial charge in [-0.15, -0.1) is 0 Å². The number of rotatable bonds is 3. The number of piperidine rings is 1. The molecule has 0 bridgehead atoms. The van der Waals surface area contributed by atoms with Crippen molar-refractivity contribution in [2.45, 2.75) is 57.6 Å². The third-order valence-corrected chi connectivity index (χ3v) is 3.60. The molecule has 2 atom stereocenters. The van der Waals surface area contributed by atoms with Gasteiger partial charge in [-0.05, 0) is 46.2 Å². The van der Waals surface area contributed by atoms with Crippen LogP contribution in [0.25, 0.3) is 0 Å². The van der Waals surface area contributed by atoms with Crippen LogP contribution in [0, 0.1) is 0 Å². The minimum absolute atomic E-state index is 0.192. The van der Waals surface area contributed by atoms with Crippen molar-refractivity contribution in [1.82, 2.24) is 10.2 Å². The molecule has 2 fully saturated rings. The fourth-order valence-electron chi connectivity index (χ4n) is 2.61. The summed E-state index contributed by atoms with van der Waals surface area (Å²) < 4.78 is 6.01. The Morgan fingerprint density at radius 2 is 1.94 bits per heavy atom. The third-order valence-electron chi connectivity index (χ3n) is 3.60. The Balaban J connectivity index is 1.89. The smallest absolute Gasteiger partial charge is 0.140 e. The molecule has 0 aliphatic carbocycles. The van der Waals surface area contributed by atoms with Gasteiger partial charge in [0.25, 0.3) is 0 Å². The maximum atomic E-state index is 11.9.